The second-order valence-corrected chi connectivity index (χ2v) is 15.3. The molecule has 4 rings (SSSR count). The third-order valence-corrected chi connectivity index (χ3v) is 8.37. The van der Waals surface area contributed by atoms with Crippen molar-refractivity contribution in [2.75, 3.05) is 15.5 Å². The van der Waals surface area contributed by atoms with Crippen molar-refractivity contribution < 1.29 is 41.8 Å². The van der Waals surface area contributed by atoms with Crippen LogP contribution in [0.15, 0.2) is 48.5 Å². The minimum Gasteiger partial charge on any atom is -0.443 e. The predicted octanol–water partition coefficient (Wildman–Crippen LogP) is 9.87. The molecule has 49 heavy (non-hydrogen) atoms. The van der Waals surface area contributed by atoms with Crippen molar-refractivity contribution in [3.05, 3.63) is 87.2 Å². The number of nitrogens with zero attached hydrogens (tertiary/aromatic N) is 1. The maximum absolute atomic E-state index is 15.9. The van der Waals surface area contributed by atoms with E-state index in [9.17, 15) is 23.6 Å². The van der Waals surface area contributed by atoms with Gasteiger partial charge in [0.1, 0.15) is 27.0 Å². The highest BCUT2D eigenvalue weighted by molar-refractivity contribution is 6.53. The number of hydrogen-bond donors (Lipinski definition) is 2. The van der Waals surface area contributed by atoms with Crippen molar-refractivity contribution in [3.8, 4) is 0 Å². The molecule has 2 atom stereocenters. The zero-order chi connectivity index (χ0) is 36.8. The van der Waals surface area contributed by atoms with Crippen LogP contribution >= 0.6 is 46.4 Å². The molecule has 0 radical (unpaired) electrons. The minimum absolute atomic E-state index is 0.0543. The summed E-state index contributed by atoms with van der Waals surface area (Å²) in [7, 11) is 0. The van der Waals surface area contributed by atoms with E-state index < -0.39 is 80.2 Å². The van der Waals surface area contributed by atoms with Crippen LogP contribution in [-0.2, 0) is 14.3 Å². The van der Waals surface area contributed by atoms with Crippen molar-refractivity contribution in [2.45, 2.75) is 63.0 Å². The van der Waals surface area contributed by atoms with Crippen molar-refractivity contribution in [3.63, 3.8) is 0 Å². The van der Waals surface area contributed by atoms with E-state index in [4.69, 9.17) is 55.9 Å². The molecule has 0 aliphatic heterocycles. The summed E-state index contributed by atoms with van der Waals surface area (Å²) in [5, 5.41) is 4.54. The highest BCUT2D eigenvalue weighted by atomic mass is 35.5. The fraction of sp³-hybridized carbons (Fsp3) is 0.333. The van der Waals surface area contributed by atoms with Crippen molar-refractivity contribution in [1.82, 2.24) is 0 Å². The molecule has 0 saturated heterocycles. The minimum atomic E-state index is -1.54. The molecule has 0 heterocycles. The molecule has 1 saturated carbocycles. The maximum atomic E-state index is 15.9. The van der Waals surface area contributed by atoms with Crippen LogP contribution in [0.4, 0.5) is 39.8 Å². The molecule has 4 amide bonds. The highest BCUT2D eigenvalue weighted by Crippen LogP contribution is 2.65. The van der Waals surface area contributed by atoms with E-state index in [1.807, 2.05) is 0 Å². The fourth-order valence-electron chi connectivity index (χ4n) is 4.67. The number of benzene rings is 3. The molecular weight excluding hydrogens is 733 g/mol. The number of carbonyl (C=O) groups excluding carboxylic acids is 4. The smallest absolute Gasteiger partial charge is 0.424 e. The molecule has 0 aromatic heterocycles. The van der Waals surface area contributed by atoms with Gasteiger partial charge in [-0.3, -0.25) is 9.59 Å². The second-order valence-electron chi connectivity index (χ2n) is 13.0. The van der Waals surface area contributed by atoms with Gasteiger partial charge in [-0.05, 0) is 89.6 Å². The van der Waals surface area contributed by atoms with E-state index in [2.05, 4.69) is 10.6 Å². The molecule has 3 aromatic carbocycles. The van der Waals surface area contributed by atoms with Gasteiger partial charge in [0.25, 0.3) is 5.91 Å². The van der Waals surface area contributed by atoms with Gasteiger partial charge in [-0.25, -0.2) is 22.8 Å². The summed E-state index contributed by atoms with van der Waals surface area (Å²) in [5.41, 5.74) is -3.88. The van der Waals surface area contributed by atoms with Gasteiger partial charge in [-0.15, -0.1) is 23.2 Å². The molecule has 3 aromatic rings. The standard InChI is InChI=1S/C33H30Cl4F3N3O6/c1-31(2,3)48-29(46)43(30(47)49-32(4,5)6)26-21(39)11-12-22(25(26)40)42-27(44)17-14-16(8-9-18(17)34)41-28(45)24-23(33(24,36)37)15-7-10-20(38)19(35)13-15/h7-14,23-24H,1-6H3,(H,41,45)(H,42,44)/t23-,24+/m0/s1. The van der Waals surface area contributed by atoms with Crippen LogP contribution in [0.25, 0.3) is 0 Å². The Morgan fingerprint density at radius 3 is 1.90 bits per heavy atom. The molecule has 16 heteroatoms. The summed E-state index contributed by atoms with van der Waals surface area (Å²) in [6.07, 6.45) is -2.87. The van der Waals surface area contributed by atoms with Gasteiger partial charge < -0.3 is 20.1 Å². The van der Waals surface area contributed by atoms with E-state index in [-0.39, 0.29) is 26.2 Å². The molecule has 1 aliphatic carbocycles. The van der Waals surface area contributed by atoms with E-state index in [0.717, 1.165) is 18.2 Å². The molecule has 262 valence electrons. The van der Waals surface area contributed by atoms with E-state index in [1.54, 1.807) is 0 Å². The van der Waals surface area contributed by atoms with Gasteiger partial charge >= 0.3 is 12.2 Å². The lowest BCUT2D eigenvalue weighted by Crippen LogP contribution is -2.44. The number of imide groups is 1. The summed E-state index contributed by atoms with van der Waals surface area (Å²) in [4.78, 5) is 52.6. The normalized spacial score (nSPS) is 16.8. The number of halogens is 7. The van der Waals surface area contributed by atoms with E-state index >= 15 is 8.78 Å². The third-order valence-electron chi connectivity index (χ3n) is 6.81. The van der Waals surface area contributed by atoms with Gasteiger partial charge in [0.15, 0.2) is 11.6 Å². The Balaban J connectivity index is 1.60. The van der Waals surface area contributed by atoms with Crippen molar-refractivity contribution in [2.24, 2.45) is 5.92 Å². The number of rotatable bonds is 6. The van der Waals surface area contributed by atoms with Crippen LogP contribution in [0.1, 0.15) is 63.4 Å². The summed E-state index contributed by atoms with van der Waals surface area (Å²) < 4.78 is 53.6. The summed E-state index contributed by atoms with van der Waals surface area (Å²) in [6.45, 7) is 8.88. The Morgan fingerprint density at radius 1 is 0.776 bits per heavy atom. The van der Waals surface area contributed by atoms with Crippen LogP contribution in [0.5, 0.6) is 0 Å². The Kier molecular flexibility index (Phi) is 10.8. The zero-order valence-corrected chi connectivity index (χ0v) is 29.8. The number of carbonyl (C=O) groups is 4. The van der Waals surface area contributed by atoms with E-state index in [0.29, 0.717) is 5.56 Å². The van der Waals surface area contributed by atoms with Crippen LogP contribution in [0.3, 0.4) is 0 Å². The van der Waals surface area contributed by atoms with Gasteiger partial charge in [0.2, 0.25) is 5.91 Å². The first-order chi connectivity index (χ1) is 22.5. The van der Waals surface area contributed by atoms with E-state index in [1.165, 1.54) is 71.9 Å². The molecule has 0 unspecified atom stereocenters. The third kappa shape index (κ3) is 8.72. The van der Waals surface area contributed by atoms with Gasteiger partial charge in [-0.2, -0.15) is 4.90 Å². The lowest BCUT2D eigenvalue weighted by atomic mass is 10.1. The van der Waals surface area contributed by atoms with Crippen LogP contribution < -0.4 is 15.5 Å². The average molecular weight is 763 g/mol. The summed E-state index contributed by atoms with van der Waals surface area (Å²) in [6, 6.07) is 9.28. The van der Waals surface area contributed by atoms with Crippen molar-refractivity contribution >= 4 is 87.5 Å². The van der Waals surface area contributed by atoms with Gasteiger partial charge in [0, 0.05) is 11.6 Å². The van der Waals surface area contributed by atoms with Gasteiger partial charge in [0.05, 0.1) is 27.2 Å². The summed E-state index contributed by atoms with van der Waals surface area (Å²) >= 11 is 24.9. The Morgan fingerprint density at radius 2 is 1.35 bits per heavy atom. The number of ether oxygens (including phenoxy) is 2. The molecule has 1 fully saturated rings. The lowest BCUT2D eigenvalue weighted by molar-refractivity contribution is -0.117. The fourth-order valence-corrected chi connectivity index (χ4v) is 5.90. The molecule has 0 spiro atoms. The summed E-state index contributed by atoms with van der Waals surface area (Å²) in [5.74, 6) is -6.85. The Labute approximate surface area is 299 Å². The van der Waals surface area contributed by atoms with Crippen LogP contribution in [0.2, 0.25) is 10.0 Å². The highest BCUT2D eigenvalue weighted by Gasteiger charge is 2.67. The first-order valence-corrected chi connectivity index (χ1v) is 16.0. The first kappa shape index (κ1) is 38.1. The quantitative estimate of drug-likeness (QED) is 0.242. The average Bonchev–Trinajstić information content (AvgIpc) is 3.54. The number of anilines is 3. The topological polar surface area (TPSA) is 114 Å². The zero-order valence-electron chi connectivity index (χ0n) is 26.8. The predicted molar refractivity (Wildman–Crippen MR) is 181 cm³/mol. The SMILES string of the molecule is CC(C)(C)OC(=O)N(C(=O)OC(C)(C)C)c1c(F)ccc(NC(=O)c2cc(NC(=O)[C@H]3[C@H](c4ccc(F)c(Cl)c4)C3(Cl)Cl)ccc2Cl)c1F. The van der Waals surface area contributed by atoms with Crippen LogP contribution in [0, 0.1) is 23.4 Å². The van der Waals surface area contributed by atoms with Crippen LogP contribution in [-0.4, -0.2) is 39.5 Å². The monoisotopic (exact) mass is 761 g/mol. The number of nitrogens with one attached hydrogen (secondary N) is 2. The Bertz CT molecular complexity index is 1820. The Hall–Kier alpha value is -3.71. The molecule has 0 bridgehead atoms. The maximum Gasteiger partial charge on any atom is 0.424 e. The number of hydrogen-bond acceptors (Lipinski definition) is 6. The molecular formula is C33H30Cl4F3N3O6. The lowest BCUT2D eigenvalue weighted by Gasteiger charge is -2.29. The van der Waals surface area contributed by atoms with Crippen molar-refractivity contribution in [1.29, 1.82) is 0 Å². The molecule has 1 aliphatic rings. The number of amides is 4. The molecule has 9 nitrogen and oxygen atoms in total. The number of alkyl halides is 2. The first-order valence-electron chi connectivity index (χ1n) is 14.5. The molecule has 2 N–H and O–H groups in total. The van der Waals surface area contributed by atoms with Gasteiger partial charge in [-0.1, -0.05) is 29.3 Å². The largest absolute Gasteiger partial charge is 0.443 e. The second kappa shape index (κ2) is 13.9.